The molecule has 0 saturated carbocycles. The minimum Gasteiger partial charge on any atom is -0.399 e. The number of hydrogen-bond acceptors (Lipinski definition) is 2. The summed E-state index contributed by atoms with van der Waals surface area (Å²) < 4.78 is 14.0. The molecular formula is C20H23FN2O. The van der Waals surface area contributed by atoms with Crippen molar-refractivity contribution in [1.29, 1.82) is 0 Å². The predicted octanol–water partition coefficient (Wildman–Crippen LogP) is 3.78. The normalized spacial score (nSPS) is 19.6. The van der Waals surface area contributed by atoms with Gasteiger partial charge in [-0.2, -0.15) is 0 Å². The van der Waals surface area contributed by atoms with Crippen LogP contribution in [-0.2, 0) is 17.6 Å². The van der Waals surface area contributed by atoms with Crippen LogP contribution in [0.4, 0.5) is 10.1 Å². The summed E-state index contributed by atoms with van der Waals surface area (Å²) in [5.74, 6) is 0.105. The molecule has 4 heteroatoms. The number of nitrogen functional groups attached to an aromatic ring is 1. The number of carbonyl (C=O) groups excluding carboxylic acids is 1. The van der Waals surface area contributed by atoms with Crippen molar-refractivity contribution in [1.82, 2.24) is 5.32 Å². The fourth-order valence-electron chi connectivity index (χ4n) is 3.45. The number of nitrogens with one attached hydrogen (secondary N) is 1. The molecule has 2 atom stereocenters. The van der Waals surface area contributed by atoms with Crippen LogP contribution in [0.25, 0.3) is 0 Å². The summed E-state index contributed by atoms with van der Waals surface area (Å²) in [5.41, 5.74) is 9.28. The number of amides is 1. The lowest BCUT2D eigenvalue weighted by Gasteiger charge is -2.32. The van der Waals surface area contributed by atoms with Gasteiger partial charge in [-0.3, -0.25) is 4.79 Å². The number of aryl methyl sites for hydroxylation is 1. The smallest absolute Gasteiger partial charge is 0.220 e. The Morgan fingerprint density at radius 1 is 1.25 bits per heavy atom. The van der Waals surface area contributed by atoms with E-state index in [0.29, 0.717) is 24.4 Å². The SMILES string of the molecule is CC1CCc2c(F)cccc2C1NC(=O)CCc1ccccc1N. The van der Waals surface area contributed by atoms with Crippen molar-refractivity contribution >= 4 is 11.6 Å². The van der Waals surface area contributed by atoms with E-state index in [0.717, 1.165) is 29.5 Å². The first kappa shape index (κ1) is 16.5. The van der Waals surface area contributed by atoms with E-state index in [4.69, 9.17) is 5.73 Å². The minimum atomic E-state index is -0.171. The number of para-hydroxylation sites is 1. The maximum atomic E-state index is 14.0. The Morgan fingerprint density at radius 3 is 2.83 bits per heavy atom. The fraction of sp³-hybridized carbons (Fsp3) is 0.350. The van der Waals surface area contributed by atoms with E-state index in [2.05, 4.69) is 12.2 Å². The Morgan fingerprint density at radius 2 is 2.04 bits per heavy atom. The molecule has 24 heavy (non-hydrogen) atoms. The van der Waals surface area contributed by atoms with Gasteiger partial charge in [-0.1, -0.05) is 37.3 Å². The highest BCUT2D eigenvalue weighted by Crippen LogP contribution is 2.35. The Kier molecular flexibility index (Phi) is 4.84. The molecule has 0 saturated heterocycles. The van der Waals surface area contributed by atoms with E-state index in [1.165, 1.54) is 6.07 Å². The highest BCUT2D eigenvalue weighted by atomic mass is 19.1. The zero-order valence-corrected chi connectivity index (χ0v) is 13.9. The van der Waals surface area contributed by atoms with Crippen molar-refractivity contribution < 1.29 is 9.18 Å². The Hall–Kier alpha value is -2.36. The van der Waals surface area contributed by atoms with Crippen molar-refractivity contribution in [3.8, 4) is 0 Å². The van der Waals surface area contributed by atoms with Crippen molar-refractivity contribution in [3.63, 3.8) is 0 Å². The molecule has 0 aliphatic heterocycles. The number of halogens is 1. The highest BCUT2D eigenvalue weighted by Gasteiger charge is 2.29. The molecule has 1 aliphatic carbocycles. The molecule has 3 N–H and O–H groups in total. The molecule has 0 aromatic heterocycles. The topological polar surface area (TPSA) is 55.1 Å². The van der Waals surface area contributed by atoms with Crippen molar-refractivity contribution in [2.75, 3.05) is 5.73 Å². The van der Waals surface area contributed by atoms with E-state index in [1.54, 1.807) is 6.07 Å². The van der Waals surface area contributed by atoms with E-state index in [-0.39, 0.29) is 17.8 Å². The number of anilines is 1. The second kappa shape index (κ2) is 7.04. The second-order valence-electron chi connectivity index (χ2n) is 6.57. The van der Waals surface area contributed by atoms with Gasteiger partial charge in [-0.25, -0.2) is 4.39 Å². The van der Waals surface area contributed by atoms with E-state index in [9.17, 15) is 9.18 Å². The van der Waals surface area contributed by atoms with Crippen LogP contribution < -0.4 is 11.1 Å². The van der Waals surface area contributed by atoms with Gasteiger partial charge in [-0.15, -0.1) is 0 Å². The summed E-state index contributed by atoms with van der Waals surface area (Å²) in [7, 11) is 0. The van der Waals surface area contributed by atoms with Crippen LogP contribution in [0.3, 0.4) is 0 Å². The number of benzene rings is 2. The summed E-state index contributed by atoms with van der Waals surface area (Å²) >= 11 is 0. The first-order chi connectivity index (χ1) is 11.6. The first-order valence-corrected chi connectivity index (χ1v) is 8.46. The van der Waals surface area contributed by atoms with Gasteiger partial charge in [0.05, 0.1) is 6.04 Å². The van der Waals surface area contributed by atoms with Crippen molar-refractivity contribution in [3.05, 3.63) is 65.0 Å². The standard InChI is InChI=1S/C20H23FN2O/c1-13-9-11-15-16(6-4-7-17(15)21)20(13)23-19(24)12-10-14-5-2-3-8-18(14)22/h2-8,13,20H,9-12,22H2,1H3,(H,23,24). The molecule has 2 aromatic carbocycles. The third kappa shape index (κ3) is 3.42. The molecule has 0 spiro atoms. The first-order valence-electron chi connectivity index (χ1n) is 8.46. The fourth-order valence-corrected chi connectivity index (χ4v) is 3.45. The number of fused-ring (bicyclic) bond motifs is 1. The molecule has 126 valence electrons. The highest BCUT2D eigenvalue weighted by molar-refractivity contribution is 5.77. The van der Waals surface area contributed by atoms with Crippen LogP contribution in [0.5, 0.6) is 0 Å². The lowest BCUT2D eigenvalue weighted by Crippen LogP contribution is -2.35. The quantitative estimate of drug-likeness (QED) is 0.840. The second-order valence-corrected chi connectivity index (χ2v) is 6.57. The number of rotatable bonds is 4. The van der Waals surface area contributed by atoms with Gasteiger partial charge in [0, 0.05) is 12.1 Å². The minimum absolute atomic E-state index is 0.0211. The third-order valence-corrected chi connectivity index (χ3v) is 4.90. The molecule has 0 bridgehead atoms. The van der Waals surface area contributed by atoms with Gasteiger partial charge < -0.3 is 11.1 Å². The molecular weight excluding hydrogens is 303 g/mol. The molecule has 0 heterocycles. The predicted molar refractivity (Wildman–Crippen MR) is 93.9 cm³/mol. The molecule has 2 unspecified atom stereocenters. The Bertz CT molecular complexity index is 744. The number of nitrogens with two attached hydrogens (primary N) is 1. The van der Waals surface area contributed by atoms with Crippen LogP contribution >= 0.6 is 0 Å². The molecule has 1 aliphatic rings. The maximum Gasteiger partial charge on any atom is 0.220 e. The molecule has 2 aromatic rings. The van der Waals surface area contributed by atoms with E-state index < -0.39 is 0 Å². The van der Waals surface area contributed by atoms with Crippen LogP contribution in [-0.4, -0.2) is 5.91 Å². The van der Waals surface area contributed by atoms with Gasteiger partial charge in [0.15, 0.2) is 0 Å². The van der Waals surface area contributed by atoms with Gasteiger partial charge in [0.25, 0.3) is 0 Å². The van der Waals surface area contributed by atoms with Gasteiger partial charge in [-0.05, 0) is 54.0 Å². The van der Waals surface area contributed by atoms with Crippen molar-refractivity contribution in [2.45, 2.75) is 38.6 Å². The molecule has 3 rings (SSSR count). The summed E-state index contributed by atoms with van der Waals surface area (Å²) in [4.78, 5) is 12.4. The largest absolute Gasteiger partial charge is 0.399 e. The van der Waals surface area contributed by atoms with Crippen LogP contribution in [0.15, 0.2) is 42.5 Å². The number of carbonyl (C=O) groups is 1. The lowest BCUT2D eigenvalue weighted by molar-refractivity contribution is -0.122. The van der Waals surface area contributed by atoms with Gasteiger partial charge >= 0.3 is 0 Å². The summed E-state index contributed by atoms with van der Waals surface area (Å²) in [6.45, 7) is 2.11. The average Bonchev–Trinajstić information content (AvgIpc) is 2.57. The lowest BCUT2D eigenvalue weighted by atomic mass is 9.80. The Labute approximate surface area is 142 Å². The zero-order chi connectivity index (χ0) is 17.1. The van der Waals surface area contributed by atoms with Crippen molar-refractivity contribution in [2.24, 2.45) is 5.92 Å². The monoisotopic (exact) mass is 326 g/mol. The molecule has 0 radical (unpaired) electrons. The van der Waals surface area contributed by atoms with E-state index in [1.807, 2.05) is 30.3 Å². The van der Waals surface area contributed by atoms with Crippen LogP contribution in [0.2, 0.25) is 0 Å². The summed E-state index contributed by atoms with van der Waals surface area (Å²) in [6, 6.07) is 12.6. The summed E-state index contributed by atoms with van der Waals surface area (Å²) in [6.07, 6.45) is 2.60. The molecule has 1 amide bonds. The summed E-state index contributed by atoms with van der Waals surface area (Å²) in [5, 5.41) is 3.10. The van der Waals surface area contributed by atoms with Gasteiger partial charge in [0.2, 0.25) is 5.91 Å². The third-order valence-electron chi connectivity index (χ3n) is 4.90. The van der Waals surface area contributed by atoms with E-state index >= 15 is 0 Å². The maximum absolute atomic E-state index is 14.0. The zero-order valence-electron chi connectivity index (χ0n) is 13.9. The molecule has 0 fully saturated rings. The number of hydrogen-bond donors (Lipinski definition) is 2. The molecule has 3 nitrogen and oxygen atoms in total. The van der Waals surface area contributed by atoms with Crippen LogP contribution in [0.1, 0.15) is 42.5 Å². The Balaban J connectivity index is 1.68. The average molecular weight is 326 g/mol. The van der Waals surface area contributed by atoms with Gasteiger partial charge in [0.1, 0.15) is 5.82 Å². The van der Waals surface area contributed by atoms with Crippen LogP contribution in [0, 0.1) is 11.7 Å².